The highest BCUT2D eigenvalue weighted by Crippen LogP contribution is 2.36. The number of anilines is 3. The average Bonchev–Trinajstić information content (AvgIpc) is 2.71. The Bertz CT molecular complexity index is 993. The zero-order valence-corrected chi connectivity index (χ0v) is 16.0. The number of hydrogen-bond donors (Lipinski definition) is 2. The Labute approximate surface area is 173 Å². The summed E-state index contributed by atoms with van der Waals surface area (Å²) < 4.78 is 53.8. The van der Waals surface area contributed by atoms with E-state index in [0.29, 0.717) is 31.1 Å². The molecule has 0 bridgehead atoms. The van der Waals surface area contributed by atoms with Crippen LogP contribution in [0.1, 0.15) is 6.42 Å². The molecule has 2 aromatic rings. The molecule has 2 amide bonds. The Kier molecular flexibility index (Phi) is 6.37. The molecule has 2 N–H and O–H groups in total. The molecule has 1 aliphatic rings. The fourth-order valence-corrected chi connectivity index (χ4v) is 2.90. The monoisotopic (exact) mass is 442 g/mol. The van der Waals surface area contributed by atoms with Gasteiger partial charge >= 0.3 is 12.1 Å². The maximum absolute atomic E-state index is 13.9. The van der Waals surface area contributed by atoms with Gasteiger partial charge in [-0.15, -0.1) is 0 Å². The topological polar surface area (TPSA) is 74.3 Å². The largest absolute Gasteiger partial charge is 0.472 e. The van der Waals surface area contributed by atoms with Crippen LogP contribution in [0.2, 0.25) is 5.02 Å². The van der Waals surface area contributed by atoms with E-state index in [2.05, 4.69) is 15.6 Å². The quantitative estimate of drug-likeness (QED) is 0.703. The summed E-state index contributed by atoms with van der Waals surface area (Å²) in [6.45, 7) is 1.02. The van der Waals surface area contributed by atoms with Crippen LogP contribution in [0, 0.1) is 5.82 Å². The van der Waals surface area contributed by atoms with E-state index in [-0.39, 0.29) is 15.6 Å². The molecule has 11 heteroatoms. The molecular weight excluding hydrogens is 428 g/mol. The molecule has 2 heterocycles. The lowest BCUT2D eigenvalue weighted by molar-refractivity contribution is -0.169. The molecule has 0 radical (unpaired) electrons. The van der Waals surface area contributed by atoms with Crippen molar-refractivity contribution in [2.45, 2.75) is 12.6 Å². The number of hydrogen-bond acceptors (Lipinski definition) is 4. The summed E-state index contributed by atoms with van der Waals surface area (Å²) in [5, 5.41) is 5.61. The fraction of sp³-hybridized carbons (Fsp3) is 0.211. The number of halogens is 5. The zero-order chi connectivity index (χ0) is 21.9. The smallest absolute Gasteiger partial charge is 0.320 e. The second-order valence-corrected chi connectivity index (χ2v) is 6.71. The van der Waals surface area contributed by atoms with E-state index >= 15 is 0 Å². The van der Waals surface area contributed by atoms with Crippen molar-refractivity contribution in [3.8, 4) is 0 Å². The molecule has 0 fully saturated rings. The van der Waals surface area contributed by atoms with E-state index in [1.165, 1.54) is 6.07 Å². The first-order valence-corrected chi connectivity index (χ1v) is 9.08. The molecule has 158 valence electrons. The first-order chi connectivity index (χ1) is 14.2. The lowest BCUT2D eigenvalue weighted by Gasteiger charge is -2.25. The van der Waals surface area contributed by atoms with E-state index < -0.39 is 35.3 Å². The molecule has 30 heavy (non-hydrogen) atoms. The number of rotatable bonds is 4. The summed E-state index contributed by atoms with van der Waals surface area (Å²) >= 11 is 5.73. The Morgan fingerprint density at radius 3 is 2.57 bits per heavy atom. The van der Waals surface area contributed by atoms with E-state index in [4.69, 9.17) is 11.6 Å². The minimum Gasteiger partial charge on any atom is -0.320 e. The first kappa shape index (κ1) is 21.7. The SMILES string of the molecule is O=C(Nc1ccc(F)cc1N(C(=O)C(F)(F)F)c1ccc(Cl)cn1)C1=CCNCC1. The molecule has 0 saturated heterocycles. The molecule has 0 atom stereocenters. The number of amides is 2. The van der Waals surface area contributed by atoms with Crippen molar-refractivity contribution < 1.29 is 27.2 Å². The van der Waals surface area contributed by atoms with Crippen molar-refractivity contribution in [1.29, 1.82) is 0 Å². The van der Waals surface area contributed by atoms with Gasteiger partial charge in [0.25, 0.3) is 5.91 Å². The van der Waals surface area contributed by atoms with Gasteiger partial charge in [-0.25, -0.2) is 9.37 Å². The number of alkyl halides is 3. The Balaban J connectivity index is 2.07. The van der Waals surface area contributed by atoms with Gasteiger partial charge in [0, 0.05) is 24.4 Å². The number of pyridine rings is 1. The molecule has 6 nitrogen and oxygen atoms in total. The number of nitrogens with one attached hydrogen (secondary N) is 2. The normalized spacial score (nSPS) is 14.1. The van der Waals surface area contributed by atoms with Crippen molar-refractivity contribution in [2.24, 2.45) is 0 Å². The fourth-order valence-electron chi connectivity index (χ4n) is 2.79. The third-order valence-corrected chi connectivity index (χ3v) is 4.41. The minimum atomic E-state index is -5.29. The van der Waals surface area contributed by atoms with Crippen LogP contribution in [0.4, 0.5) is 34.8 Å². The van der Waals surface area contributed by atoms with Gasteiger partial charge in [-0.2, -0.15) is 13.2 Å². The van der Waals surface area contributed by atoms with E-state index in [1.54, 1.807) is 6.08 Å². The van der Waals surface area contributed by atoms with Gasteiger partial charge in [0.15, 0.2) is 0 Å². The highest BCUT2D eigenvalue weighted by atomic mass is 35.5. The highest BCUT2D eigenvalue weighted by molar-refractivity contribution is 6.30. The van der Waals surface area contributed by atoms with Crippen molar-refractivity contribution in [3.63, 3.8) is 0 Å². The number of benzene rings is 1. The predicted molar refractivity (Wildman–Crippen MR) is 103 cm³/mol. The van der Waals surface area contributed by atoms with E-state index in [9.17, 15) is 27.2 Å². The number of aromatic nitrogens is 1. The Morgan fingerprint density at radius 2 is 1.97 bits per heavy atom. The summed E-state index contributed by atoms with van der Waals surface area (Å²) in [6.07, 6.45) is -2.19. The van der Waals surface area contributed by atoms with Gasteiger partial charge in [0.05, 0.1) is 16.4 Å². The van der Waals surface area contributed by atoms with Crippen molar-refractivity contribution >= 4 is 40.6 Å². The number of nitrogens with zero attached hydrogens (tertiary/aromatic N) is 2. The van der Waals surface area contributed by atoms with Crippen LogP contribution in [0.5, 0.6) is 0 Å². The zero-order valence-electron chi connectivity index (χ0n) is 15.3. The van der Waals surface area contributed by atoms with Crippen molar-refractivity contribution in [2.75, 3.05) is 23.3 Å². The van der Waals surface area contributed by atoms with Crippen LogP contribution in [-0.4, -0.2) is 36.1 Å². The van der Waals surface area contributed by atoms with Crippen LogP contribution < -0.4 is 15.5 Å². The summed E-state index contributed by atoms with van der Waals surface area (Å²) in [6, 6.07) is 5.07. The predicted octanol–water partition coefficient (Wildman–Crippen LogP) is 3.96. The molecule has 0 unspecified atom stereocenters. The second-order valence-electron chi connectivity index (χ2n) is 6.27. The lowest BCUT2D eigenvalue weighted by atomic mass is 10.1. The van der Waals surface area contributed by atoms with Crippen LogP contribution >= 0.6 is 11.6 Å². The number of carbonyl (C=O) groups is 2. The maximum atomic E-state index is 13.9. The van der Waals surface area contributed by atoms with Crippen LogP contribution in [0.25, 0.3) is 0 Å². The molecule has 1 aromatic carbocycles. The molecule has 1 aromatic heterocycles. The summed E-state index contributed by atoms with van der Waals surface area (Å²) in [5.74, 6) is -4.21. The van der Waals surface area contributed by atoms with Crippen LogP contribution in [0.3, 0.4) is 0 Å². The average molecular weight is 443 g/mol. The molecular formula is C19H15ClF4N4O2. The molecule has 0 spiro atoms. The Hall–Kier alpha value is -2.98. The van der Waals surface area contributed by atoms with Gasteiger partial charge in [-0.1, -0.05) is 17.7 Å². The van der Waals surface area contributed by atoms with Crippen molar-refractivity contribution in [1.82, 2.24) is 10.3 Å². The van der Waals surface area contributed by atoms with Crippen LogP contribution in [0.15, 0.2) is 48.2 Å². The number of carbonyl (C=O) groups excluding carboxylic acids is 2. The third-order valence-electron chi connectivity index (χ3n) is 4.19. The van der Waals surface area contributed by atoms with Gasteiger partial charge < -0.3 is 10.6 Å². The minimum absolute atomic E-state index is 0.128. The third kappa shape index (κ3) is 4.95. The molecule has 1 aliphatic heterocycles. The Morgan fingerprint density at radius 1 is 1.20 bits per heavy atom. The van der Waals surface area contributed by atoms with E-state index in [0.717, 1.165) is 24.4 Å². The lowest BCUT2D eigenvalue weighted by Crippen LogP contribution is -2.39. The summed E-state index contributed by atoms with van der Waals surface area (Å²) in [4.78, 5) is 28.6. The molecule has 0 saturated carbocycles. The molecule has 3 rings (SSSR count). The summed E-state index contributed by atoms with van der Waals surface area (Å²) in [7, 11) is 0. The van der Waals surface area contributed by atoms with Gasteiger partial charge in [0.1, 0.15) is 11.6 Å². The highest BCUT2D eigenvalue weighted by Gasteiger charge is 2.45. The van der Waals surface area contributed by atoms with Gasteiger partial charge in [-0.3, -0.25) is 14.5 Å². The van der Waals surface area contributed by atoms with Crippen molar-refractivity contribution in [3.05, 3.63) is 59.0 Å². The van der Waals surface area contributed by atoms with Gasteiger partial charge in [-0.05, 0) is 37.2 Å². The summed E-state index contributed by atoms with van der Waals surface area (Å²) in [5.41, 5.74) is -0.285. The second kappa shape index (κ2) is 8.80. The van der Waals surface area contributed by atoms with Crippen LogP contribution in [-0.2, 0) is 9.59 Å². The standard InChI is InChI=1S/C19H15ClF4N4O2/c20-12-1-4-16(26-10-12)28(18(30)19(22,23)24)15-9-13(21)2-3-14(15)27-17(29)11-5-7-25-8-6-11/h1-5,9-10,25H,6-8H2,(H,27,29). The molecule has 0 aliphatic carbocycles. The van der Waals surface area contributed by atoms with Gasteiger partial charge in [0.2, 0.25) is 0 Å². The van der Waals surface area contributed by atoms with E-state index in [1.807, 2.05) is 0 Å². The maximum Gasteiger partial charge on any atom is 0.472 e. The first-order valence-electron chi connectivity index (χ1n) is 8.70.